The van der Waals surface area contributed by atoms with E-state index in [1.165, 1.54) is 10.9 Å². The molecule has 2 heterocycles. The van der Waals surface area contributed by atoms with E-state index in [0.29, 0.717) is 18.7 Å². The average molecular weight is 361 g/mol. The SMILES string of the molecule is COCCn1ccc2ccc(C(=O)NCCn3ccc4ccccc43)cc21. The quantitative estimate of drug-likeness (QED) is 0.546. The first-order valence-electron chi connectivity index (χ1n) is 9.16. The van der Waals surface area contributed by atoms with Gasteiger partial charge in [0.25, 0.3) is 5.91 Å². The number of ether oxygens (including phenoxy) is 1. The lowest BCUT2D eigenvalue weighted by Crippen LogP contribution is -2.27. The molecule has 0 saturated carbocycles. The van der Waals surface area contributed by atoms with Gasteiger partial charge in [-0.3, -0.25) is 4.79 Å². The molecule has 0 fully saturated rings. The molecule has 0 spiro atoms. The Morgan fingerprint density at radius 2 is 1.67 bits per heavy atom. The predicted octanol–water partition coefficient (Wildman–Crippen LogP) is 3.67. The summed E-state index contributed by atoms with van der Waals surface area (Å²) in [5, 5.41) is 5.37. The average Bonchev–Trinajstić information content (AvgIpc) is 3.30. The van der Waals surface area contributed by atoms with Crippen LogP contribution in [0.3, 0.4) is 0 Å². The minimum absolute atomic E-state index is 0.0483. The van der Waals surface area contributed by atoms with Gasteiger partial charge in [0, 0.05) is 55.7 Å². The van der Waals surface area contributed by atoms with Crippen molar-refractivity contribution < 1.29 is 9.53 Å². The van der Waals surface area contributed by atoms with E-state index in [2.05, 4.69) is 44.9 Å². The van der Waals surface area contributed by atoms with Crippen molar-refractivity contribution in [1.82, 2.24) is 14.5 Å². The van der Waals surface area contributed by atoms with Gasteiger partial charge in [0.2, 0.25) is 0 Å². The third-order valence-corrected chi connectivity index (χ3v) is 4.89. The number of methoxy groups -OCH3 is 1. The number of nitrogens with one attached hydrogen (secondary N) is 1. The normalized spacial score (nSPS) is 11.3. The summed E-state index contributed by atoms with van der Waals surface area (Å²) in [5.41, 5.74) is 2.91. The summed E-state index contributed by atoms with van der Waals surface area (Å²) >= 11 is 0. The minimum atomic E-state index is -0.0483. The van der Waals surface area contributed by atoms with Crippen molar-refractivity contribution in [1.29, 1.82) is 0 Å². The van der Waals surface area contributed by atoms with Crippen molar-refractivity contribution in [2.24, 2.45) is 0 Å². The zero-order valence-corrected chi connectivity index (χ0v) is 15.4. The highest BCUT2D eigenvalue weighted by atomic mass is 16.5. The first-order valence-corrected chi connectivity index (χ1v) is 9.16. The number of para-hydroxylation sites is 1. The molecule has 0 bridgehead atoms. The van der Waals surface area contributed by atoms with Crippen LogP contribution in [0.1, 0.15) is 10.4 Å². The Morgan fingerprint density at radius 1 is 0.926 bits per heavy atom. The van der Waals surface area contributed by atoms with E-state index in [4.69, 9.17) is 4.74 Å². The summed E-state index contributed by atoms with van der Waals surface area (Å²) in [5.74, 6) is -0.0483. The molecule has 27 heavy (non-hydrogen) atoms. The molecular weight excluding hydrogens is 338 g/mol. The fraction of sp³-hybridized carbons (Fsp3) is 0.227. The van der Waals surface area contributed by atoms with Crippen LogP contribution >= 0.6 is 0 Å². The summed E-state index contributed by atoms with van der Waals surface area (Å²) in [6.07, 6.45) is 4.09. The standard InChI is InChI=1S/C22H23N3O2/c1-27-15-14-25-12-9-18-6-7-19(16-21(18)25)22(26)23-10-13-24-11-8-17-4-2-3-5-20(17)24/h2-9,11-12,16H,10,13-15H2,1H3,(H,23,26). The molecule has 0 aliphatic rings. The van der Waals surface area contributed by atoms with Gasteiger partial charge in [-0.1, -0.05) is 24.3 Å². The predicted molar refractivity (Wildman–Crippen MR) is 108 cm³/mol. The second-order valence-corrected chi connectivity index (χ2v) is 6.60. The number of carbonyl (C=O) groups is 1. The van der Waals surface area contributed by atoms with E-state index in [9.17, 15) is 4.79 Å². The molecule has 5 nitrogen and oxygen atoms in total. The van der Waals surface area contributed by atoms with Crippen molar-refractivity contribution in [3.8, 4) is 0 Å². The maximum absolute atomic E-state index is 12.6. The van der Waals surface area contributed by atoms with Crippen LogP contribution in [0.4, 0.5) is 0 Å². The first-order chi connectivity index (χ1) is 13.3. The van der Waals surface area contributed by atoms with Crippen molar-refractivity contribution in [2.75, 3.05) is 20.3 Å². The van der Waals surface area contributed by atoms with Gasteiger partial charge in [-0.05, 0) is 41.1 Å². The van der Waals surface area contributed by atoms with Crippen LogP contribution in [0.5, 0.6) is 0 Å². The Balaban J connectivity index is 1.43. The molecule has 1 N–H and O–H groups in total. The molecule has 0 atom stereocenters. The monoisotopic (exact) mass is 361 g/mol. The molecule has 0 aliphatic heterocycles. The lowest BCUT2D eigenvalue weighted by Gasteiger charge is -2.09. The topological polar surface area (TPSA) is 48.2 Å². The second kappa shape index (κ2) is 7.68. The molecule has 0 radical (unpaired) electrons. The molecule has 0 aliphatic carbocycles. The molecule has 2 aromatic carbocycles. The van der Waals surface area contributed by atoms with E-state index < -0.39 is 0 Å². The molecule has 0 unspecified atom stereocenters. The fourth-order valence-corrected chi connectivity index (χ4v) is 3.44. The number of amides is 1. The Kier molecular flexibility index (Phi) is 4.94. The van der Waals surface area contributed by atoms with Gasteiger partial charge < -0.3 is 19.2 Å². The molecule has 5 heteroatoms. The Morgan fingerprint density at radius 3 is 2.48 bits per heavy atom. The van der Waals surface area contributed by atoms with Gasteiger partial charge >= 0.3 is 0 Å². The van der Waals surface area contributed by atoms with Crippen LogP contribution in [0, 0.1) is 0 Å². The maximum atomic E-state index is 12.6. The molecule has 4 aromatic rings. The van der Waals surface area contributed by atoms with Crippen LogP contribution < -0.4 is 5.32 Å². The van der Waals surface area contributed by atoms with Crippen molar-refractivity contribution in [3.63, 3.8) is 0 Å². The Bertz CT molecular complexity index is 1080. The summed E-state index contributed by atoms with van der Waals surface area (Å²) < 4.78 is 9.43. The number of carbonyl (C=O) groups excluding carboxylic acids is 1. The largest absolute Gasteiger partial charge is 0.383 e. The zero-order chi connectivity index (χ0) is 18.6. The molecule has 0 saturated heterocycles. The van der Waals surface area contributed by atoms with Crippen LogP contribution in [0.25, 0.3) is 21.8 Å². The minimum Gasteiger partial charge on any atom is -0.383 e. The van der Waals surface area contributed by atoms with Gasteiger partial charge in [0.05, 0.1) is 6.61 Å². The van der Waals surface area contributed by atoms with Gasteiger partial charge in [-0.2, -0.15) is 0 Å². The Hall–Kier alpha value is -3.05. The van der Waals surface area contributed by atoms with Gasteiger partial charge in [-0.15, -0.1) is 0 Å². The highest BCUT2D eigenvalue weighted by Gasteiger charge is 2.09. The van der Waals surface area contributed by atoms with Crippen molar-refractivity contribution >= 4 is 27.7 Å². The van der Waals surface area contributed by atoms with Gasteiger partial charge in [0.1, 0.15) is 0 Å². The Labute approximate surface area is 158 Å². The van der Waals surface area contributed by atoms with E-state index >= 15 is 0 Å². The number of nitrogens with zero attached hydrogens (tertiary/aromatic N) is 2. The third kappa shape index (κ3) is 3.59. The number of rotatable bonds is 7. The molecule has 138 valence electrons. The van der Waals surface area contributed by atoms with Crippen LogP contribution in [0.2, 0.25) is 0 Å². The molecule has 1 amide bonds. The summed E-state index contributed by atoms with van der Waals surface area (Å²) in [4.78, 5) is 12.6. The molecular formula is C22H23N3O2. The van der Waals surface area contributed by atoms with E-state index in [1.807, 2.05) is 36.5 Å². The van der Waals surface area contributed by atoms with Crippen molar-refractivity contribution in [3.05, 3.63) is 72.6 Å². The molecule has 2 aromatic heterocycles. The zero-order valence-electron chi connectivity index (χ0n) is 15.4. The fourth-order valence-electron chi connectivity index (χ4n) is 3.44. The first kappa shape index (κ1) is 17.4. The third-order valence-electron chi connectivity index (χ3n) is 4.89. The summed E-state index contributed by atoms with van der Waals surface area (Å²) in [6.45, 7) is 2.74. The van der Waals surface area contributed by atoms with Crippen molar-refractivity contribution in [2.45, 2.75) is 13.1 Å². The number of benzene rings is 2. The smallest absolute Gasteiger partial charge is 0.251 e. The summed E-state index contributed by atoms with van der Waals surface area (Å²) in [7, 11) is 1.69. The lowest BCUT2D eigenvalue weighted by atomic mass is 10.1. The maximum Gasteiger partial charge on any atom is 0.251 e. The van der Waals surface area contributed by atoms with Gasteiger partial charge in [0.15, 0.2) is 0 Å². The number of hydrogen-bond donors (Lipinski definition) is 1. The lowest BCUT2D eigenvalue weighted by molar-refractivity contribution is 0.0952. The number of aromatic nitrogens is 2. The van der Waals surface area contributed by atoms with Crippen LogP contribution in [-0.2, 0) is 17.8 Å². The summed E-state index contributed by atoms with van der Waals surface area (Å²) in [6, 6.07) is 18.2. The van der Waals surface area contributed by atoms with E-state index in [-0.39, 0.29) is 5.91 Å². The number of fused-ring (bicyclic) bond motifs is 2. The van der Waals surface area contributed by atoms with Gasteiger partial charge in [-0.25, -0.2) is 0 Å². The van der Waals surface area contributed by atoms with Crippen LogP contribution in [0.15, 0.2) is 67.0 Å². The van der Waals surface area contributed by atoms with E-state index in [0.717, 1.165) is 24.0 Å². The van der Waals surface area contributed by atoms with Crippen LogP contribution in [-0.4, -0.2) is 35.3 Å². The molecule has 4 rings (SSSR count). The highest BCUT2D eigenvalue weighted by molar-refractivity contribution is 5.98. The number of hydrogen-bond acceptors (Lipinski definition) is 2. The highest BCUT2D eigenvalue weighted by Crippen LogP contribution is 2.18. The second-order valence-electron chi connectivity index (χ2n) is 6.60. The van der Waals surface area contributed by atoms with E-state index in [1.54, 1.807) is 7.11 Å².